The fourth-order valence-electron chi connectivity index (χ4n) is 1.38. The van der Waals surface area contributed by atoms with Crippen LogP contribution in [0.5, 0.6) is 0 Å². The Morgan fingerprint density at radius 3 is 2.44 bits per heavy atom. The lowest BCUT2D eigenvalue weighted by atomic mass is 10.2. The quantitative estimate of drug-likeness (QED) is 0.625. The molecule has 1 aromatic heterocycles. The molecule has 2 aromatic rings. The highest BCUT2D eigenvalue weighted by Crippen LogP contribution is 2.31. The molecular formula is C10H8Cl3N3O2. The second-order valence-corrected chi connectivity index (χ2v) is 4.07. The van der Waals surface area contributed by atoms with Gasteiger partial charge in [0, 0.05) is 10.8 Å². The summed E-state index contributed by atoms with van der Waals surface area (Å²) in [6.07, 6.45) is 1.38. The lowest BCUT2D eigenvalue weighted by Gasteiger charge is -1.96. The summed E-state index contributed by atoms with van der Waals surface area (Å²) in [5.74, 6) is -0.982. The first-order valence-electron chi connectivity index (χ1n) is 4.49. The summed E-state index contributed by atoms with van der Waals surface area (Å²) in [5, 5.41) is 1.85. The van der Waals surface area contributed by atoms with Crippen molar-refractivity contribution in [2.24, 2.45) is 16.5 Å². The van der Waals surface area contributed by atoms with Crippen LogP contribution in [0.15, 0.2) is 27.8 Å². The molecule has 0 atom stereocenters. The number of rotatable bonds is 1. The minimum atomic E-state index is -0.668. The van der Waals surface area contributed by atoms with Crippen LogP contribution in [0.25, 0.3) is 10.8 Å². The van der Waals surface area contributed by atoms with Gasteiger partial charge in [-0.05, 0) is 12.1 Å². The zero-order valence-corrected chi connectivity index (χ0v) is 11.1. The van der Waals surface area contributed by atoms with Gasteiger partial charge in [-0.3, -0.25) is 4.79 Å². The van der Waals surface area contributed by atoms with Gasteiger partial charge in [0.05, 0.1) is 16.3 Å². The first-order chi connectivity index (χ1) is 7.99. The van der Waals surface area contributed by atoms with E-state index in [1.807, 2.05) is 0 Å². The molecule has 0 saturated heterocycles. The number of benzene rings is 1. The molecule has 0 radical (unpaired) electrons. The van der Waals surface area contributed by atoms with Gasteiger partial charge in [-0.1, -0.05) is 23.2 Å². The van der Waals surface area contributed by atoms with Crippen molar-refractivity contribution in [2.75, 3.05) is 0 Å². The molecule has 4 N–H and O–H groups in total. The van der Waals surface area contributed by atoms with Crippen molar-refractivity contribution in [3.05, 3.63) is 34.2 Å². The molecule has 0 spiro atoms. The highest BCUT2D eigenvalue weighted by atomic mass is 35.5. The fourth-order valence-corrected chi connectivity index (χ4v) is 1.71. The summed E-state index contributed by atoms with van der Waals surface area (Å²) >= 11 is 11.7. The van der Waals surface area contributed by atoms with Crippen LogP contribution in [0.4, 0.5) is 0 Å². The summed E-state index contributed by atoms with van der Waals surface area (Å²) in [6.45, 7) is 0. The third-order valence-corrected chi connectivity index (χ3v) is 2.79. The number of nitrogens with two attached hydrogens (primary N) is 2. The number of amides is 1. The van der Waals surface area contributed by atoms with Gasteiger partial charge in [0.15, 0.2) is 5.96 Å². The van der Waals surface area contributed by atoms with Crippen molar-refractivity contribution in [1.29, 1.82) is 0 Å². The van der Waals surface area contributed by atoms with Crippen LogP contribution in [0.2, 0.25) is 10.0 Å². The number of fused-ring (bicyclic) bond motifs is 1. The second kappa shape index (κ2) is 5.48. The highest BCUT2D eigenvalue weighted by molar-refractivity contribution is 6.43. The molecule has 1 amide bonds. The lowest BCUT2D eigenvalue weighted by molar-refractivity contribution is 0.0978. The summed E-state index contributed by atoms with van der Waals surface area (Å²) in [7, 11) is 0. The number of hydrogen-bond acceptors (Lipinski definition) is 2. The van der Waals surface area contributed by atoms with Crippen molar-refractivity contribution in [3.63, 3.8) is 0 Å². The zero-order valence-electron chi connectivity index (χ0n) is 8.81. The average molecular weight is 309 g/mol. The summed E-state index contributed by atoms with van der Waals surface area (Å²) in [5.41, 5.74) is 10.2. The van der Waals surface area contributed by atoms with Crippen LogP contribution >= 0.6 is 35.6 Å². The van der Waals surface area contributed by atoms with E-state index in [-0.39, 0.29) is 24.1 Å². The molecule has 5 nitrogen and oxygen atoms in total. The monoisotopic (exact) mass is 307 g/mol. The van der Waals surface area contributed by atoms with Gasteiger partial charge in [0.1, 0.15) is 0 Å². The Labute approximate surface area is 118 Å². The molecule has 0 aliphatic carbocycles. The van der Waals surface area contributed by atoms with E-state index in [4.69, 9.17) is 39.1 Å². The van der Waals surface area contributed by atoms with Gasteiger partial charge >= 0.3 is 5.91 Å². The Balaban J connectivity index is 0.00000162. The van der Waals surface area contributed by atoms with Gasteiger partial charge in [-0.15, -0.1) is 12.4 Å². The Hall–Kier alpha value is -1.43. The van der Waals surface area contributed by atoms with E-state index in [0.29, 0.717) is 20.8 Å². The predicted octanol–water partition coefficient (Wildman–Crippen LogP) is 2.58. The van der Waals surface area contributed by atoms with E-state index in [1.54, 1.807) is 6.07 Å². The largest absolute Gasteiger partial charge is 0.458 e. The topological polar surface area (TPSA) is 94.6 Å². The van der Waals surface area contributed by atoms with Crippen LogP contribution in [0.1, 0.15) is 10.6 Å². The van der Waals surface area contributed by atoms with Crippen molar-refractivity contribution in [1.82, 2.24) is 0 Å². The standard InChI is InChI=1S/C10H7Cl2N3O2.ClH/c11-6-1-4-3-17-8(5(4)2-7(6)12)9(16)15-10(13)14;/h1-3H,(H4,13,14,15,16);1H. The Morgan fingerprint density at radius 2 is 1.83 bits per heavy atom. The van der Waals surface area contributed by atoms with Gasteiger partial charge in [0.2, 0.25) is 5.76 Å². The van der Waals surface area contributed by atoms with Crippen molar-refractivity contribution >= 4 is 58.2 Å². The number of nitrogens with zero attached hydrogens (tertiary/aromatic N) is 1. The molecule has 0 fully saturated rings. The first-order valence-corrected chi connectivity index (χ1v) is 5.25. The minimum Gasteiger partial charge on any atom is -0.458 e. The lowest BCUT2D eigenvalue weighted by Crippen LogP contribution is -2.24. The first kappa shape index (κ1) is 14.6. The average Bonchev–Trinajstić information content (AvgIpc) is 2.60. The van der Waals surface area contributed by atoms with Gasteiger partial charge in [-0.25, -0.2) is 0 Å². The van der Waals surface area contributed by atoms with Crippen LogP contribution < -0.4 is 11.5 Å². The number of hydrogen-bond donors (Lipinski definition) is 2. The van der Waals surface area contributed by atoms with Crippen molar-refractivity contribution in [2.45, 2.75) is 0 Å². The molecule has 0 bridgehead atoms. The Kier molecular flexibility index (Phi) is 4.45. The van der Waals surface area contributed by atoms with E-state index in [2.05, 4.69) is 4.99 Å². The number of halogens is 3. The van der Waals surface area contributed by atoms with E-state index in [0.717, 1.165) is 0 Å². The van der Waals surface area contributed by atoms with E-state index in [1.165, 1.54) is 12.3 Å². The van der Waals surface area contributed by atoms with Crippen LogP contribution in [0.3, 0.4) is 0 Å². The smallest absolute Gasteiger partial charge is 0.316 e. The highest BCUT2D eigenvalue weighted by Gasteiger charge is 2.16. The number of furan rings is 1. The number of carbonyl (C=O) groups is 1. The Morgan fingerprint density at radius 1 is 1.22 bits per heavy atom. The molecule has 0 unspecified atom stereocenters. The fraction of sp³-hybridized carbons (Fsp3) is 0. The Bertz CT molecular complexity index is 633. The van der Waals surface area contributed by atoms with Gasteiger partial charge in [0.25, 0.3) is 0 Å². The molecule has 1 heterocycles. The molecule has 2 rings (SSSR count). The third kappa shape index (κ3) is 2.69. The molecule has 0 saturated carbocycles. The summed E-state index contributed by atoms with van der Waals surface area (Å²) < 4.78 is 5.10. The van der Waals surface area contributed by atoms with Crippen LogP contribution in [-0.4, -0.2) is 11.9 Å². The molecule has 1 aromatic carbocycles. The number of guanidine groups is 1. The molecule has 96 valence electrons. The van der Waals surface area contributed by atoms with E-state index in [9.17, 15) is 4.79 Å². The maximum atomic E-state index is 11.6. The maximum Gasteiger partial charge on any atom is 0.316 e. The normalized spacial score (nSPS) is 9.89. The number of aliphatic imine (C=N–C) groups is 1. The van der Waals surface area contributed by atoms with Gasteiger partial charge in [-0.2, -0.15) is 4.99 Å². The summed E-state index contributed by atoms with van der Waals surface area (Å²) in [4.78, 5) is 15.0. The van der Waals surface area contributed by atoms with Gasteiger partial charge < -0.3 is 15.9 Å². The van der Waals surface area contributed by atoms with Crippen LogP contribution in [0, 0.1) is 0 Å². The minimum absolute atomic E-state index is 0. The summed E-state index contributed by atoms with van der Waals surface area (Å²) in [6, 6.07) is 3.12. The van der Waals surface area contributed by atoms with Crippen LogP contribution in [-0.2, 0) is 0 Å². The van der Waals surface area contributed by atoms with Crippen molar-refractivity contribution < 1.29 is 9.21 Å². The van der Waals surface area contributed by atoms with Crippen molar-refractivity contribution in [3.8, 4) is 0 Å². The molecule has 0 aliphatic rings. The SMILES string of the molecule is Cl.NC(N)=NC(=O)c1occ2cc(Cl)c(Cl)cc12. The number of carbonyl (C=O) groups excluding carboxylic acids is 1. The molecule has 18 heavy (non-hydrogen) atoms. The second-order valence-electron chi connectivity index (χ2n) is 3.26. The zero-order chi connectivity index (χ0) is 12.6. The van der Waals surface area contributed by atoms with E-state index >= 15 is 0 Å². The third-order valence-electron chi connectivity index (χ3n) is 2.07. The maximum absolute atomic E-state index is 11.6. The molecule has 8 heteroatoms. The van der Waals surface area contributed by atoms with E-state index < -0.39 is 5.91 Å². The molecule has 0 aliphatic heterocycles. The predicted molar refractivity (Wildman–Crippen MR) is 73.6 cm³/mol. The molecular weight excluding hydrogens is 300 g/mol.